The van der Waals surface area contributed by atoms with Crippen LogP contribution in [0.25, 0.3) is 16.7 Å². The number of aliphatic imine (C=N–C) groups is 1. The smallest absolute Gasteiger partial charge is 0.314 e. The van der Waals surface area contributed by atoms with Crippen LogP contribution in [0.5, 0.6) is 0 Å². The van der Waals surface area contributed by atoms with Gasteiger partial charge in [0.25, 0.3) is 0 Å². The summed E-state index contributed by atoms with van der Waals surface area (Å²) in [4.78, 5) is 29.4. The first-order valence-electron chi connectivity index (χ1n) is 11.6. The van der Waals surface area contributed by atoms with Crippen LogP contribution in [0, 0.1) is 0 Å². The zero-order valence-electron chi connectivity index (χ0n) is 20.8. The molecule has 1 aliphatic rings. The van der Waals surface area contributed by atoms with Gasteiger partial charge in [0, 0.05) is 32.1 Å². The molecule has 2 heterocycles. The highest BCUT2D eigenvalue weighted by Gasteiger charge is 2.51. The van der Waals surface area contributed by atoms with Crippen LogP contribution in [0.3, 0.4) is 0 Å². The number of aromatic nitrogens is 3. The molecule has 4 rings (SSSR count). The van der Waals surface area contributed by atoms with Gasteiger partial charge in [-0.2, -0.15) is 0 Å². The molecule has 4 N–H and O–H groups in total. The van der Waals surface area contributed by atoms with Gasteiger partial charge in [0.05, 0.1) is 34.8 Å². The van der Waals surface area contributed by atoms with E-state index in [1.165, 1.54) is 6.20 Å². The Morgan fingerprint density at radius 3 is 2.36 bits per heavy atom. The Balaban J connectivity index is 1.53. The Hall–Kier alpha value is -4.11. The predicted octanol–water partition coefficient (Wildman–Crippen LogP) is 3.98. The highest BCUT2D eigenvalue weighted by Crippen LogP contribution is 2.48. The number of nitrogens with one attached hydrogen (secondary N) is 1. The molecule has 0 aliphatic heterocycles. The fraction of sp³-hybridized carbons (Fsp3) is 0.296. The minimum Gasteiger partial charge on any atom is -0.481 e. The van der Waals surface area contributed by atoms with Gasteiger partial charge in [0.2, 0.25) is 0 Å². The maximum atomic E-state index is 11.6. The Labute approximate surface area is 210 Å². The van der Waals surface area contributed by atoms with Gasteiger partial charge in [0.15, 0.2) is 0 Å². The number of hydrogen-bond acceptors (Lipinski definition) is 7. The van der Waals surface area contributed by atoms with Crippen molar-refractivity contribution < 1.29 is 14.6 Å². The van der Waals surface area contributed by atoms with E-state index in [-0.39, 0.29) is 0 Å². The minimum atomic E-state index is -0.760. The van der Waals surface area contributed by atoms with E-state index in [9.17, 15) is 9.90 Å². The van der Waals surface area contributed by atoms with Gasteiger partial charge in [-0.05, 0) is 43.9 Å². The molecule has 2 aromatic heterocycles. The number of benzene rings is 1. The summed E-state index contributed by atoms with van der Waals surface area (Å²) in [5.74, 6) is 0.237. The van der Waals surface area contributed by atoms with Crippen LogP contribution in [0.2, 0.25) is 0 Å². The highest BCUT2D eigenvalue weighted by molar-refractivity contribution is 6.27. The topological polar surface area (TPSA) is 136 Å². The van der Waals surface area contributed by atoms with Gasteiger partial charge in [-0.3, -0.25) is 19.8 Å². The van der Waals surface area contributed by atoms with Crippen molar-refractivity contribution in [3.63, 3.8) is 0 Å². The molecule has 0 amide bonds. The van der Waals surface area contributed by atoms with Crippen LogP contribution in [-0.2, 0) is 20.5 Å². The predicted molar refractivity (Wildman–Crippen MR) is 139 cm³/mol. The second kappa shape index (κ2) is 9.87. The van der Waals surface area contributed by atoms with Gasteiger partial charge in [0.1, 0.15) is 17.3 Å². The summed E-state index contributed by atoms with van der Waals surface area (Å²) < 4.78 is 5.50. The molecule has 9 nitrogen and oxygen atoms in total. The molecule has 36 heavy (non-hydrogen) atoms. The Bertz CT molecular complexity index is 1310. The lowest BCUT2D eigenvalue weighted by Crippen LogP contribution is -2.23. The molecule has 1 aliphatic carbocycles. The van der Waals surface area contributed by atoms with Gasteiger partial charge < -0.3 is 20.9 Å². The summed E-state index contributed by atoms with van der Waals surface area (Å²) in [7, 11) is 3.28. The summed E-state index contributed by atoms with van der Waals surface area (Å²) in [5, 5.41) is 12.7. The van der Waals surface area contributed by atoms with E-state index < -0.39 is 17.0 Å². The third-order valence-electron chi connectivity index (χ3n) is 6.62. The Morgan fingerprint density at radius 1 is 1.14 bits per heavy atom. The zero-order valence-corrected chi connectivity index (χ0v) is 20.8. The summed E-state index contributed by atoms with van der Waals surface area (Å²) in [5.41, 5.74) is 9.27. The first-order chi connectivity index (χ1) is 17.2. The van der Waals surface area contributed by atoms with Gasteiger partial charge >= 0.3 is 5.97 Å². The van der Waals surface area contributed by atoms with Crippen molar-refractivity contribution in [2.75, 3.05) is 19.5 Å². The van der Waals surface area contributed by atoms with Crippen molar-refractivity contribution in [2.45, 2.75) is 37.7 Å². The molecule has 186 valence electrons. The molecule has 0 atom stereocenters. The molecule has 0 bridgehead atoms. The number of nitrogens with two attached hydrogens (primary N) is 1. The number of pyridine rings is 1. The Morgan fingerprint density at radius 2 is 1.83 bits per heavy atom. The lowest BCUT2D eigenvalue weighted by Gasteiger charge is -2.22. The number of anilines is 1. The second-order valence-corrected chi connectivity index (χ2v) is 9.18. The molecule has 1 aromatic carbocycles. The molecule has 0 spiro atoms. The summed E-state index contributed by atoms with van der Waals surface area (Å²) in [6.45, 7) is 3.83. The van der Waals surface area contributed by atoms with Crippen molar-refractivity contribution in [2.24, 2.45) is 10.7 Å². The van der Waals surface area contributed by atoms with Crippen LogP contribution >= 0.6 is 0 Å². The maximum absolute atomic E-state index is 11.6. The second-order valence-electron chi connectivity index (χ2n) is 9.18. The van der Waals surface area contributed by atoms with Crippen LogP contribution in [0.15, 0.2) is 66.2 Å². The molecule has 1 fully saturated rings. The average molecular weight is 487 g/mol. The summed E-state index contributed by atoms with van der Waals surface area (Å²) in [6.07, 6.45) is 7.83. The van der Waals surface area contributed by atoms with E-state index in [1.54, 1.807) is 32.7 Å². The molecule has 1 saturated carbocycles. The van der Waals surface area contributed by atoms with Crippen molar-refractivity contribution in [1.82, 2.24) is 15.0 Å². The summed E-state index contributed by atoms with van der Waals surface area (Å²) >= 11 is 0. The normalized spacial score (nSPS) is 15.4. The maximum Gasteiger partial charge on any atom is 0.314 e. The summed E-state index contributed by atoms with van der Waals surface area (Å²) in [6, 6.07) is 11.5. The molecule has 0 saturated heterocycles. The fourth-order valence-corrected chi connectivity index (χ4v) is 3.93. The Kier molecular flexibility index (Phi) is 6.85. The van der Waals surface area contributed by atoms with Crippen molar-refractivity contribution in [3.8, 4) is 11.1 Å². The average Bonchev–Trinajstić information content (AvgIpc) is 3.72. The van der Waals surface area contributed by atoms with E-state index in [0.717, 1.165) is 16.7 Å². The number of hydrogen-bond donors (Lipinski definition) is 3. The van der Waals surface area contributed by atoms with E-state index in [0.29, 0.717) is 41.5 Å². The van der Waals surface area contributed by atoms with Crippen molar-refractivity contribution >= 4 is 23.2 Å². The molecule has 3 aromatic rings. The number of rotatable bonds is 8. The van der Waals surface area contributed by atoms with Gasteiger partial charge in [-0.15, -0.1) is 0 Å². The lowest BCUT2D eigenvalue weighted by atomic mass is 9.94. The number of amidine groups is 1. The number of carboxylic acid groups (broad SMARTS) is 1. The molecule has 0 unspecified atom stereocenters. The van der Waals surface area contributed by atoms with Crippen LogP contribution in [0.1, 0.15) is 43.6 Å². The number of methoxy groups -OCH3 is 1. The van der Waals surface area contributed by atoms with Crippen LogP contribution < -0.4 is 11.1 Å². The number of carboxylic acids is 1. The molecule has 9 heteroatoms. The standard InChI is InChI=1S/C27H30N6O3/c1-26(2,36-4)22-15-30-16-23(32-22)33-24(29-3)20(13-28)21-10-7-18(14-31-21)17-5-8-19(9-6-17)27(11-12-27)25(34)35/h5-10,13-16H,11-12,28H2,1-4H3,(H,34,35)(H,29,32,33). The minimum absolute atomic E-state index is 0.493. The van der Waals surface area contributed by atoms with Crippen molar-refractivity contribution in [1.29, 1.82) is 0 Å². The first kappa shape index (κ1) is 25.0. The van der Waals surface area contributed by atoms with E-state index in [1.807, 2.05) is 50.2 Å². The first-order valence-corrected chi connectivity index (χ1v) is 11.6. The lowest BCUT2D eigenvalue weighted by molar-refractivity contribution is -0.140. The van der Waals surface area contributed by atoms with E-state index in [2.05, 4.69) is 25.3 Å². The number of aliphatic carboxylic acids is 1. The number of carbonyl (C=O) groups is 1. The molecular formula is C27H30N6O3. The van der Waals surface area contributed by atoms with E-state index in [4.69, 9.17) is 10.5 Å². The van der Waals surface area contributed by atoms with Gasteiger partial charge in [-0.1, -0.05) is 30.3 Å². The molecule has 0 radical (unpaired) electrons. The quantitative estimate of drug-likeness (QED) is 0.321. The largest absolute Gasteiger partial charge is 0.481 e. The van der Waals surface area contributed by atoms with Crippen LogP contribution in [-0.4, -0.2) is 46.0 Å². The number of nitrogens with zero attached hydrogens (tertiary/aromatic N) is 4. The third kappa shape index (κ3) is 4.83. The van der Waals surface area contributed by atoms with Gasteiger partial charge in [-0.25, -0.2) is 4.98 Å². The van der Waals surface area contributed by atoms with Crippen molar-refractivity contribution in [3.05, 3.63) is 78.1 Å². The molecular weight excluding hydrogens is 456 g/mol. The van der Waals surface area contributed by atoms with Crippen LogP contribution in [0.4, 0.5) is 5.82 Å². The monoisotopic (exact) mass is 486 g/mol. The number of ether oxygens (including phenoxy) is 1. The van der Waals surface area contributed by atoms with E-state index >= 15 is 0 Å². The third-order valence-corrected chi connectivity index (χ3v) is 6.62. The highest BCUT2D eigenvalue weighted by atomic mass is 16.5. The zero-order chi connectivity index (χ0) is 25.9. The SMILES string of the molecule is CN=C(Nc1cncc(C(C)(C)OC)n1)C(=CN)c1ccc(-c2ccc(C3(C(=O)O)CC3)cc2)cn1. The fourth-order valence-electron chi connectivity index (χ4n) is 3.93.